The maximum Gasteiger partial charge on any atom is 0.308 e. The Morgan fingerprint density at radius 1 is 0.964 bits per heavy atom. The molecule has 1 heterocycles. The standard InChI is InChI=1S/C22H21NO5/c24-17(12-4-2-1-3-5-12)11-28-18(25)8-9-23-21(26)19-13-6-7-14(16-10-15(13)16)20(19)22(23)27/h1-7,13-16,19-20H,8-11H2/t13-,14-,15-,16+,19+,20+/m0/s1. The molecule has 0 spiro atoms. The normalized spacial score (nSPS) is 34.2. The quantitative estimate of drug-likeness (QED) is 0.326. The van der Waals surface area contributed by atoms with Crippen LogP contribution in [-0.4, -0.2) is 41.6 Å². The summed E-state index contributed by atoms with van der Waals surface area (Å²) in [7, 11) is 0. The van der Waals surface area contributed by atoms with Gasteiger partial charge in [-0.15, -0.1) is 0 Å². The van der Waals surface area contributed by atoms with Crippen LogP contribution in [0.5, 0.6) is 0 Å². The largest absolute Gasteiger partial charge is 0.457 e. The fourth-order valence-electron chi connectivity index (χ4n) is 5.37. The summed E-state index contributed by atoms with van der Waals surface area (Å²) in [6, 6.07) is 8.60. The summed E-state index contributed by atoms with van der Waals surface area (Å²) in [6.45, 7) is -0.314. The minimum absolute atomic E-state index is 0.0256. The van der Waals surface area contributed by atoms with Crippen LogP contribution in [0.2, 0.25) is 0 Å². The van der Waals surface area contributed by atoms with Crippen molar-refractivity contribution in [3.05, 3.63) is 48.0 Å². The van der Waals surface area contributed by atoms with Gasteiger partial charge in [-0.25, -0.2) is 0 Å². The number of imide groups is 1. The fourth-order valence-corrected chi connectivity index (χ4v) is 5.37. The van der Waals surface area contributed by atoms with Crippen LogP contribution in [0.25, 0.3) is 0 Å². The number of carbonyl (C=O) groups is 4. The molecule has 6 rings (SSSR count). The SMILES string of the molecule is O=C(CCN1C(=O)[C@@H]2[C@H]3C=C[C@@H]([C@@H]4C[C@H]34)[C@H]2C1=O)OCC(=O)c1ccccc1. The zero-order valence-electron chi connectivity index (χ0n) is 15.3. The van der Waals surface area contributed by atoms with E-state index in [1.807, 2.05) is 0 Å². The number of nitrogens with zero attached hydrogens (tertiary/aromatic N) is 1. The fraction of sp³-hybridized carbons (Fsp3) is 0.455. The molecule has 0 N–H and O–H groups in total. The van der Waals surface area contributed by atoms with Crippen molar-refractivity contribution in [3.8, 4) is 0 Å². The first-order chi connectivity index (χ1) is 13.6. The minimum atomic E-state index is -0.580. The molecule has 0 aromatic heterocycles. The van der Waals surface area contributed by atoms with Crippen molar-refractivity contribution in [2.45, 2.75) is 12.8 Å². The van der Waals surface area contributed by atoms with E-state index in [2.05, 4.69) is 12.2 Å². The summed E-state index contributed by atoms with van der Waals surface area (Å²) in [4.78, 5) is 50.9. The number of esters is 1. The zero-order valence-corrected chi connectivity index (χ0v) is 15.3. The lowest BCUT2D eigenvalue weighted by Crippen LogP contribution is -2.40. The van der Waals surface area contributed by atoms with Gasteiger partial charge in [0.1, 0.15) is 0 Å². The molecule has 1 aromatic rings. The average molecular weight is 379 g/mol. The number of allylic oxidation sites excluding steroid dienone is 2. The Hall–Kier alpha value is -2.76. The lowest BCUT2D eigenvalue weighted by molar-refractivity contribution is -0.145. The highest BCUT2D eigenvalue weighted by molar-refractivity contribution is 6.06. The second-order valence-electron chi connectivity index (χ2n) is 8.18. The zero-order chi connectivity index (χ0) is 19.4. The number of hydrogen-bond acceptors (Lipinski definition) is 5. The highest BCUT2D eigenvalue weighted by atomic mass is 16.5. The molecule has 1 aliphatic heterocycles. The van der Waals surface area contributed by atoms with E-state index >= 15 is 0 Å². The van der Waals surface area contributed by atoms with Crippen LogP contribution in [0, 0.1) is 35.5 Å². The highest BCUT2D eigenvalue weighted by Gasteiger charge is 2.66. The summed E-state index contributed by atoms with van der Waals surface area (Å²) in [6.07, 6.45) is 5.28. The second kappa shape index (κ2) is 6.40. The third-order valence-corrected chi connectivity index (χ3v) is 6.75. The number of Topliss-reactive ketones (excluding diaryl/α,β-unsaturated/α-hetero) is 1. The van der Waals surface area contributed by atoms with Gasteiger partial charge in [0.25, 0.3) is 0 Å². The molecular formula is C22H21NO5. The number of amides is 2. The molecule has 2 bridgehead atoms. The molecule has 5 aliphatic rings. The molecule has 1 aromatic carbocycles. The molecule has 6 heteroatoms. The first-order valence-electron chi connectivity index (χ1n) is 9.83. The van der Waals surface area contributed by atoms with Crippen LogP contribution < -0.4 is 0 Å². The number of rotatable bonds is 6. The van der Waals surface area contributed by atoms with E-state index in [4.69, 9.17) is 4.74 Å². The van der Waals surface area contributed by atoms with Crippen LogP contribution in [-0.2, 0) is 19.1 Å². The Morgan fingerprint density at radius 3 is 2.18 bits per heavy atom. The Kier molecular flexibility index (Phi) is 3.96. The lowest BCUT2D eigenvalue weighted by atomic mass is 9.63. The van der Waals surface area contributed by atoms with Crippen molar-refractivity contribution >= 4 is 23.6 Å². The van der Waals surface area contributed by atoms with Crippen molar-refractivity contribution in [2.75, 3.05) is 13.2 Å². The minimum Gasteiger partial charge on any atom is -0.457 e. The summed E-state index contributed by atoms with van der Waals surface area (Å²) < 4.78 is 5.04. The van der Waals surface area contributed by atoms with E-state index < -0.39 is 5.97 Å². The van der Waals surface area contributed by atoms with Crippen molar-refractivity contribution in [2.24, 2.45) is 35.5 Å². The van der Waals surface area contributed by atoms with E-state index in [-0.39, 0.29) is 60.8 Å². The lowest BCUT2D eigenvalue weighted by Gasteiger charge is -2.37. The first kappa shape index (κ1) is 17.3. The van der Waals surface area contributed by atoms with Gasteiger partial charge in [0.05, 0.1) is 18.3 Å². The van der Waals surface area contributed by atoms with Crippen molar-refractivity contribution in [3.63, 3.8) is 0 Å². The third kappa shape index (κ3) is 2.62. The van der Waals surface area contributed by atoms with Crippen LogP contribution in [0.4, 0.5) is 0 Å². The third-order valence-electron chi connectivity index (χ3n) is 6.75. The summed E-state index contributed by atoms with van der Waals surface area (Å²) >= 11 is 0. The Bertz CT molecular complexity index is 855. The predicted molar refractivity (Wildman–Crippen MR) is 97.8 cm³/mol. The van der Waals surface area contributed by atoms with Gasteiger partial charge in [0, 0.05) is 12.1 Å². The first-order valence-corrected chi connectivity index (χ1v) is 9.83. The molecule has 144 valence electrons. The van der Waals surface area contributed by atoms with Gasteiger partial charge in [0.2, 0.25) is 11.8 Å². The van der Waals surface area contributed by atoms with E-state index in [1.54, 1.807) is 30.3 Å². The van der Waals surface area contributed by atoms with Crippen LogP contribution in [0.1, 0.15) is 23.2 Å². The molecular weight excluding hydrogens is 358 g/mol. The molecule has 4 aliphatic carbocycles. The van der Waals surface area contributed by atoms with E-state index in [9.17, 15) is 19.2 Å². The molecule has 0 radical (unpaired) electrons. The average Bonchev–Trinajstić information content (AvgIpc) is 3.50. The topological polar surface area (TPSA) is 80.8 Å². The molecule has 28 heavy (non-hydrogen) atoms. The van der Waals surface area contributed by atoms with Crippen molar-refractivity contribution in [1.82, 2.24) is 4.90 Å². The molecule has 2 saturated carbocycles. The Balaban J connectivity index is 1.16. The molecule has 3 fully saturated rings. The number of benzene rings is 1. The van der Waals surface area contributed by atoms with Crippen LogP contribution in [0.15, 0.2) is 42.5 Å². The molecule has 0 unspecified atom stereocenters. The van der Waals surface area contributed by atoms with E-state index in [0.29, 0.717) is 17.4 Å². The Morgan fingerprint density at radius 2 is 1.57 bits per heavy atom. The smallest absolute Gasteiger partial charge is 0.308 e. The summed E-state index contributed by atoms with van der Waals surface area (Å²) in [5.74, 6) is -0.180. The summed E-state index contributed by atoms with van der Waals surface area (Å²) in [5, 5.41) is 0. The molecule has 2 amide bonds. The maximum atomic E-state index is 12.8. The number of ketones is 1. The van der Waals surface area contributed by atoms with Crippen molar-refractivity contribution < 1.29 is 23.9 Å². The molecule has 6 nitrogen and oxygen atoms in total. The van der Waals surface area contributed by atoms with Gasteiger partial charge in [-0.3, -0.25) is 24.1 Å². The van der Waals surface area contributed by atoms with Gasteiger partial charge in [0.15, 0.2) is 12.4 Å². The van der Waals surface area contributed by atoms with Gasteiger partial charge in [-0.2, -0.15) is 0 Å². The highest BCUT2D eigenvalue weighted by Crippen LogP contribution is 2.65. The molecule has 1 saturated heterocycles. The van der Waals surface area contributed by atoms with Crippen molar-refractivity contribution in [1.29, 1.82) is 0 Å². The van der Waals surface area contributed by atoms with Gasteiger partial charge < -0.3 is 4.74 Å². The number of likely N-dealkylation sites (tertiary alicyclic amines) is 1. The molecule has 6 atom stereocenters. The second-order valence-corrected chi connectivity index (χ2v) is 8.18. The number of hydrogen-bond donors (Lipinski definition) is 0. The number of ether oxygens (including phenoxy) is 1. The number of carbonyl (C=O) groups excluding carboxylic acids is 4. The van der Waals surface area contributed by atoms with Gasteiger partial charge in [-0.1, -0.05) is 42.5 Å². The predicted octanol–water partition coefficient (Wildman–Crippen LogP) is 1.86. The van der Waals surface area contributed by atoms with E-state index in [1.165, 1.54) is 4.90 Å². The van der Waals surface area contributed by atoms with Gasteiger partial charge >= 0.3 is 5.97 Å². The van der Waals surface area contributed by atoms with Crippen LogP contribution >= 0.6 is 0 Å². The summed E-state index contributed by atoms with van der Waals surface area (Å²) in [5.41, 5.74) is 0.478. The monoisotopic (exact) mass is 379 g/mol. The van der Waals surface area contributed by atoms with Crippen LogP contribution in [0.3, 0.4) is 0 Å². The maximum absolute atomic E-state index is 12.8. The Labute approximate surface area is 162 Å². The van der Waals surface area contributed by atoms with Gasteiger partial charge in [-0.05, 0) is 30.1 Å². The van der Waals surface area contributed by atoms with E-state index in [0.717, 1.165) is 6.42 Å².